The van der Waals surface area contributed by atoms with Crippen LogP contribution in [0.5, 0.6) is 0 Å². The Morgan fingerprint density at radius 3 is 2.52 bits per heavy atom. The first-order valence-corrected chi connectivity index (χ1v) is 10.9. The van der Waals surface area contributed by atoms with Crippen LogP contribution < -0.4 is 5.32 Å². The Balaban J connectivity index is 1.49. The van der Waals surface area contributed by atoms with Gasteiger partial charge < -0.3 is 5.32 Å². The van der Waals surface area contributed by atoms with Crippen molar-refractivity contribution in [3.05, 3.63) is 54.7 Å². The molecule has 6 nitrogen and oxygen atoms in total. The zero-order valence-electron chi connectivity index (χ0n) is 15.2. The van der Waals surface area contributed by atoms with Gasteiger partial charge in [0.2, 0.25) is 16.0 Å². The van der Waals surface area contributed by atoms with E-state index in [2.05, 4.69) is 45.6 Å². The van der Waals surface area contributed by atoms with Crippen LogP contribution in [0.15, 0.2) is 54.7 Å². The maximum absolute atomic E-state index is 11.6. The summed E-state index contributed by atoms with van der Waals surface area (Å²) in [4.78, 5) is 8.99. The Hall–Kier alpha value is -2.51. The van der Waals surface area contributed by atoms with E-state index in [0.29, 0.717) is 19.0 Å². The normalized spacial score (nSPS) is 16.5. The summed E-state index contributed by atoms with van der Waals surface area (Å²) in [6.45, 7) is 1.06. The van der Waals surface area contributed by atoms with Gasteiger partial charge in [-0.3, -0.25) is 0 Å². The lowest BCUT2D eigenvalue weighted by atomic mass is 10.1. The van der Waals surface area contributed by atoms with E-state index in [0.717, 1.165) is 24.1 Å². The number of benzene rings is 2. The van der Waals surface area contributed by atoms with Crippen molar-refractivity contribution < 1.29 is 8.42 Å². The zero-order chi connectivity index (χ0) is 18.9. The molecule has 1 aliphatic rings. The summed E-state index contributed by atoms with van der Waals surface area (Å²) in [5, 5.41) is 5.73. The highest BCUT2D eigenvalue weighted by Crippen LogP contribution is 2.24. The molecule has 0 unspecified atom stereocenters. The first-order valence-electron chi connectivity index (χ1n) is 9.03. The number of nitrogens with zero attached hydrogens (tertiary/aromatic N) is 3. The maximum atomic E-state index is 11.6. The molecule has 4 rings (SSSR count). The third kappa shape index (κ3) is 4.09. The third-order valence-corrected chi connectivity index (χ3v) is 6.26. The lowest BCUT2D eigenvalue weighted by Crippen LogP contribution is -2.42. The molecule has 2 heterocycles. The Kier molecular flexibility index (Phi) is 4.80. The van der Waals surface area contributed by atoms with E-state index < -0.39 is 10.0 Å². The van der Waals surface area contributed by atoms with Crippen LogP contribution in [0.25, 0.3) is 22.0 Å². The lowest BCUT2D eigenvalue weighted by molar-refractivity contribution is 0.331. The van der Waals surface area contributed by atoms with Gasteiger partial charge in [-0.1, -0.05) is 36.4 Å². The predicted octanol–water partition coefficient (Wildman–Crippen LogP) is 3.13. The Bertz CT molecular complexity index is 1060. The topological polar surface area (TPSA) is 75.2 Å². The van der Waals surface area contributed by atoms with Crippen LogP contribution in [0.4, 0.5) is 5.95 Å². The van der Waals surface area contributed by atoms with Gasteiger partial charge >= 0.3 is 0 Å². The number of piperidine rings is 1. The average molecular weight is 382 g/mol. The minimum absolute atomic E-state index is 0.176. The minimum atomic E-state index is -3.11. The van der Waals surface area contributed by atoms with E-state index >= 15 is 0 Å². The summed E-state index contributed by atoms with van der Waals surface area (Å²) in [5.41, 5.74) is 1.91. The molecule has 0 aliphatic carbocycles. The van der Waals surface area contributed by atoms with Crippen LogP contribution in [0.3, 0.4) is 0 Å². The van der Waals surface area contributed by atoms with E-state index in [1.54, 1.807) is 6.20 Å². The highest BCUT2D eigenvalue weighted by molar-refractivity contribution is 7.88. The van der Waals surface area contributed by atoms with Gasteiger partial charge in [0.05, 0.1) is 11.9 Å². The molecule has 1 saturated heterocycles. The van der Waals surface area contributed by atoms with E-state index in [1.165, 1.54) is 21.3 Å². The molecule has 1 aliphatic heterocycles. The number of sulfonamides is 1. The van der Waals surface area contributed by atoms with Crippen molar-refractivity contribution >= 4 is 26.7 Å². The van der Waals surface area contributed by atoms with Crippen LogP contribution in [-0.4, -0.2) is 48.1 Å². The molecule has 0 bridgehead atoms. The second kappa shape index (κ2) is 7.25. The summed E-state index contributed by atoms with van der Waals surface area (Å²) in [7, 11) is -3.11. The first-order chi connectivity index (χ1) is 13.0. The average Bonchev–Trinajstić information content (AvgIpc) is 2.67. The highest BCUT2D eigenvalue weighted by atomic mass is 32.2. The Labute approximate surface area is 159 Å². The molecule has 0 atom stereocenters. The molecule has 140 valence electrons. The highest BCUT2D eigenvalue weighted by Gasteiger charge is 2.25. The number of hydrogen-bond donors (Lipinski definition) is 1. The van der Waals surface area contributed by atoms with Crippen LogP contribution in [0.1, 0.15) is 12.8 Å². The molecule has 1 fully saturated rings. The number of aromatic nitrogens is 2. The number of hydrogen-bond acceptors (Lipinski definition) is 5. The van der Waals surface area contributed by atoms with Crippen molar-refractivity contribution in [2.24, 2.45) is 0 Å². The van der Waals surface area contributed by atoms with Crippen molar-refractivity contribution in [3.63, 3.8) is 0 Å². The lowest BCUT2D eigenvalue weighted by Gasteiger charge is -2.30. The fraction of sp³-hybridized carbons (Fsp3) is 0.300. The fourth-order valence-corrected chi connectivity index (χ4v) is 4.33. The van der Waals surface area contributed by atoms with Crippen molar-refractivity contribution in [1.29, 1.82) is 0 Å². The number of fused-ring (bicyclic) bond motifs is 1. The summed E-state index contributed by atoms with van der Waals surface area (Å²) in [5.74, 6) is 0.582. The molecule has 0 amide bonds. The van der Waals surface area contributed by atoms with Gasteiger partial charge in [-0.15, -0.1) is 0 Å². The maximum Gasteiger partial charge on any atom is 0.223 e. The third-order valence-electron chi connectivity index (χ3n) is 4.96. The largest absolute Gasteiger partial charge is 0.351 e. The van der Waals surface area contributed by atoms with Crippen molar-refractivity contribution in [3.8, 4) is 11.3 Å². The monoisotopic (exact) mass is 382 g/mol. The van der Waals surface area contributed by atoms with Gasteiger partial charge in [-0.05, 0) is 35.7 Å². The van der Waals surface area contributed by atoms with Crippen LogP contribution in [-0.2, 0) is 10.0 Å². The first kappa shape index (κ1) is 17.9. The standard InChI is InChI=1S/C20H22N4O2S/c1-27(25,26)24-12-9-18(10-13-24)22-20-21-11-8-19(23-20)17-7-6-15-4-2-3-5-16(15)14-17/h2-8,11,14,18H,9-10,12-13H2,1H3,(H,21,22,23). The number of rotatable bonds is 4. The van der Waals surface area contributed by atoms with Gasteiger partial charge in [-0.25, -0.2) is 22.7 Å². The van der Waals surface area contributed by atoms with Gasteiger partial charge in [0.1, 0.15) is 0 Å². The molecule has 0 spiro atoms. The van der Waals surface area contributed by atoms with E-state index in [9.17, 15) is 8.42 Å². The molecule has 3 aromatic rings. The van der Waals surface area contributed by atoms with E-state index in [-0.39, 0.29) is 6.04 Å². The van der Waals surface area contributed by atoms with Crippen molar-refractivity contribution in [1.82, 2.24) is 14.3 Å². The molecule has 2 aromatic carbocycles. The molecule has 0 saturated carbocycles. The Morgan fingerprint density at radius 2 is 1.78 bits per heavy atom. The zero-order valence-corrected chi connectivity index (χ0v) is 16.0. The summed E-state index contributed by atoms with van der Waals surface area (Å²) in [6.07, 6.45) is 4.51. The van der Waals surface area contributed by atoms with Crippen LogP contribution in [0.2, 0.25) is 0 Å². The predicted molar refractivity (Wildman–Crippen MR) is 108 cm³/mol. The smallest absolute Gasteiger partial charge is 0.223 e. The summed E-state index contributed by atoms with van der Waals surface area (Å²) in [6, 6.07) is 16.6. The van der Waals surface area contributed by atoms with Crippen LogP contribution >= 0.6 is 0 Å². The Morgan fingerprint density at radius 1 is 1.04 bits per heavy atom. The van der Waals surface area contributed by atoms with Gasteiger partial charge in [0, 0.05) is 30.9 Å². The molecular formula is C20H22N4O2S. The summed E-state index contributed by atoms with van der Waals surface area (Å²) >= 11 is 0. The molecular weight excluding hydrogens is 360 g/mol. The van der Waals surface area contributed by atoms with Gasteiger partial charge in [0.25, 0.3) is 0 Å². The molecule has 7 heteroatoms. The summed E-state index contributed by atoms with van der Waals surface area (Å²) < 4.78 is 24.8. The fourth-order valence-electron chi connectivity index (χ4n) is 3.45. The molecule has 1 aromatic heterocycles. The minimum Gasteiger partial charge on any atom is -0.351 e. The second-order valence-electron chi connectivity index (χ2n) is 6.91. The van der Waals surface area contributed by atoms with Crippen LogP contribution in [0, 0.1) is 0 Å². The van der Waals surface area contributed by atoms with Crippen molar-refractivity contribution in [2.75, 3.05) is 24.7 Å². The molecule has 1 N–H and O–H groups in total. The number of nitrogens with one attached hydrogen (secondary N) is 1. The van der Waals surface area contributed by atoms with Gasteiger partial charge in [0.15, 0.2) is 0 Å². The number of anilines is 1. The quantitative estimate of drug-likeness (QED) is 0.750. The van der Waals surface area contributed by atoms with Crippen molar-refractivity contribution in [2.45, 2.75) is 18.9 Å². The van der Waals surface area contributed by atoms with E-state index in [4.69, 9.17) is 0 Å². The SMILES string of the molecule is CS(=O)(=O)N1CCC(Nc2nccc(-c3ccc4ccccc4c3)n2)CC1. The van der Waals surface area contributed by atoms with Gasteiger partial charge in [-0.2, -0.15) is 0 Å². The molecule has 27 heavy (non-hydrogen) atoms. The second-order valence-corrected chi connectivity index (χ2v) is 8.89. The van der Waals surface area contributed by atoms with E-state index in [1.807, 2.05) is 18.2 Å². The molecule has 0 radical (unpaired) electrons.